The van der Waals surface area contributed by atoms with Crippen molar-refractivity contribution in [1.29, 1.82) is 0 Å². The van der Waals surface area contributed by atoms with Gasteiger partial charge in [0.25, 0.3) is 5.91 Å². The van der Waals surface area contributed by atoms with Gasteiger partial charge in [-0.2, -0.15) is 5.10 Å². The molecule has 0 bridgehead atoms. The zero-order chi connectivity index (χ0) is 16.1. The number of carbonyl (C=O) groups is 1. The summed E-state index contributed by atoms with van der Waals surface area (Å²) in [6.45, 7) is 0. The number of hydrogen-bond donors (Lipinski definition) is 1. The SMILES string of the molecule is O=C(NN=Cc1ccc(-c2ccccc2Cl)o1)c1ccncc1. The van der Waals surface area contributed by atoms with Gasteiger partial charge < -0.3 is 4.42 Å². The molecular formula is C17H12ClN3O2. The second kappa shape index (κ2) is 6.89. The van der Waals surface area contributed by atoms with Crippen molar-refractivity contribution in [2.24, 2.45) is 5.10 Å². The number of nitrogens with zero attached hydrogens (tertiary/aromatic N) is 2. The van der Waals surface area contributed by atoms with Gasteiger partial charge in [0.15, 0.2) is 0 Å². The minimum absolute atomic E-state index is 0.318. The minimum Gasteiger partial charge on any atom is -0.455 e. The van der Waals surface area contributed by atoms with E-state index < -0.39 is 0 Å². The van der Waals surface area contributed by atoms with Crippen molar-refractivity contribution < 1.29 is 9.21 Å². The molecule has 5 nitrogen and oxygen atoms in total. The Morgan fingerprint density at radius 1 is 1.13 bits per heavy atom. The van der Waals surface area contributed by atoms with Crippen LogP contribution in [0.3, 0.4) is 0 Å². The van der Waals surface area contributed by atoms with Crippen molar-refractivity contribution in [3.05, 3.63) is 77.3 Å². The number of furan rings is 1. The molecular weight excluding hydrogens is 314 g/mol. The fourth-order valence-electron chi connectivity index (χ4n) is 1.95. The van der Waals surface area contributed by atoms with Gasteiger partial charge in [-0.05, 0) is 36.4 Å². The molecule has 1 N–H and O–H groups in total. The van der Waals surface area contributed by atoms with Gasteiger partial charge >= 0.3 is 0 Å². The van der Waals surface area contributed by atoms with Gasteiger partial charge in [0, 0.05) is 23.5 Å². The molecule has 1 amide bonds. The largest absolute Gasteiger partial charge is 0.455 e. The monoisotopic (exact) mass is 325 g/mol. The third-order valence-corrected chi connectivity index (χ3v) is 3.40. The van der Waals surface area contributed by atoms with E-state index in [4.69, 9.17) is 16.0 Å². The second-order valence-corrected chi connectivity index (χ2v) is 5.02. The first-order valence-corrected chi connectivity index (χ1v) is 7.20. The summed E-state index contributed by atoms with van der Waals surface area (Å²) in [7, 11) is 0. The number of amides is 1. The molecule has 0 spiro atoms. The van der Waals surface area contributed by atoms with Crippen molar-refractivity contribution >= 4 is 23.7 Å². The molecule has 0 atom stereocenters. The normalized spacial score (nSPS) is 10.8. The van der Waals surface area contributed by atoms with Gasteiger partial charge in [0.2, 0.25) is 0 Å². The summed E-state index contributed by atoms with van der Waals surface area (Å²) in [5.41, 5.74) is 3.71. The molecule has 114 valence electrons. The molecule has 3 rings (SSSR count). The van der Waals surface area contributed by atoms with Gasteiger partial charge in [-0.1, -0.05) is 23.7 Å². The number of halogens is 1. The molecule has 6 heteroatoms. The molecule has 2 aromatic heterocycles. The van der Waals surface area contributed by atoms with Gasteiger partial charge in [-0.3, -0.25) is 9.78 Å². The lowest BCUT2D eigenvalue weighted by atomic mass is 10.2. The lowest BCUT2D eigenvalue weighted by Gasteiger charge is -1.99. The Kier molecular flexibility index (Phi) is 4.49. The maximum Gasteiger partial charge on any atom is 0.271 e. The topological polar surface area (TPSA) is 67.5 Å². The number of rotatable bonds is 4. The molecule has 0 radical (unpaired) electrons. The molecule has 0 unspecified atom stereocenters. The van der Waals surface area contributed by atoms with Crippen molar-refractivity contribution in [2.45, 2.75) is 0 Å². The third kappa shape index (κ3) is 3.64. The first-order valence-electron chi connectivity index (χ1n) is 6.82. The summed E-state index contributed by atoms with van der Waals surface area (Å²) in [4.78, 5) is 15.7. The van der Waals surface area contributed by atoms with Crippen LogP contribution in [-0.4, -0.2) is 17.1 Å². The number of pyridine rings is 1. The van der Waals surface area contributed by atoms with Crippen LogP contribution in [0.2, 0.25) is 5.02 Å². The minimum atomic E-state index is -0.318. The molecule has 0 fully saturated rings. The highest BCUT2D eigenvalue weighted by Crippen LogP contribution is 2.28. The summed E-state index contributed by atoms with van der Waals surface area (Å²) < 4.78 is 5.64. The Balaban J connectivity index is 1.68. The lowest BCUT2D eigenvalue weighted by molar-refractivity contribution is 0.0955. The van der Waals surface area contributed by atoms with E-state index in [0.29, 0.717) is 22.1 Å². The van der Waals surface area contributed by atoms with Gasteiger partial charge in [0.05, 0.1) is 11.2 Å². The number of benzene rings is 1. The zero-order valence-electron chi connectivity index (χ0n) is 11.9. The van der Waals surface area contributed by atoms with Crippen LogP contribution in [0.25, 0.3) is 11.3 Å². The van der Waals surface area contributed by atoms with Crippen molar-refractivity contribution in [3.63, 3.8) is 0 Å². The summed E-state index contributed by atoms with van der Waals surface area (Å²) >= 11 is 6.13. The Hall–Kier alpha value is -2.92. The van der Waals surface area contributed by atoms with Crippen LogP contribution in [0.15, 0.2) is 70.4 Å². The molecule has 0 aliphatic carbocycles. The van der Waals surface area contributed by atoms with Gasteiger partial charge in [-0.15, -0.1) is 0 Å². The van der Waals surface area contributed by atoms with E-state index in [-0.39, 0.29) is 5.91 Å². The summed E-state index contributed by atoms with van der Waals surface area (Å²) in [5, 5.41) is 4.48. The van der Waals surface area contributed by atoms with E-state index in [1.54, 1.807) is 42.7 Å². The van der Waals surface area contributed by atoms with Crippen LogP contribution in [0.1, 0.15) is 16.1 Å². The van der Waals surface area contributed by atoms with Gasteiger partial charge in [0.1, 0.15) is 11.5 Å². The molecule has 1 aromatic carbocycles. The van der Waals surface area contributed by atoms with E-state index in [9.17, 15) is 4.79 Å². The number of nitrogens with one attached hydrogen (secondary N) is 1. The predicted octanol–water partition coefficient (Wildman–Crippen LogP) is 3.76. The number of carbonyl (C=O) groups excluding carboxylic acids is 1. The average Bonchev–Trinajstić information content (AvgIpc) is 3.04. The lowest BCUT2D eigenvalue weighted by Crippen LogP contribution is -2.17. The van der Waals surface area contributed by atoms with Crippen molar-refractivity contribution in [1.82, 2.24) is 10.4 Å². The molecule has 0 aliphatic heterocycles. The second-order valence-electron chi connectivity index (χ2n) is 4.62. The predicted molar refractivity (Wildman–Crippen MR) is 88.5 cm³/mol. The molecule has 0 saturated carbocycles. The molecule has 0 aliphatic rings. The number of aromatic nitrogens is 1. The highest BCUT2D eigenvalue weighted by Gasteiger charge is 2.07. The fourth-order valence-corrected chi connectivity index (χ4v) is 2.18. The van der Waals surface area contributed by atoms with Crippen LogP contribution < -0.4 is 5.43 Å². The Morgan fingerprint density at radius 3 is 2.70 bits per heavy atom. The van der Waals surface area contributed by atoms with Crippen LogP contribution in [0, 0.1) is 0 Å². The third-order valence-electron chi connectivity index (χ3n) is 3.07. The smallest absolute Gasteiger partial charge is 0.271 e. The highest BCUT2D eigenvalue weighted by atomic mass is 35.5. The van der Waals surface area contributed by atoms with E-state index in [0.717, 1.165) is 5.56 Å². The fraction of sp³-hybridized carbons (Fsp3) is 0. The summed E-state index contributed by atoms with van der Waals surface area (Å²) in [6.07, 6.45) is 4.52. The van der Waals surface area contributed by atoms with Crippen LogP contribution in [0.5, 0.6) is 0 Å². The Morgan fingerprint density at radius 2 is 1.91 bits per heavy atom. The standard InChI is InChI=1S/C17H12ClN3O2/c18-15-4-2-1-3-14(15)16-6-5-13(23-16)11-20-21-17(22)12-7-9-19-10-8-12/h1-11H,(H,21,22). The first-order chi connectivity index (χ1) is 11.2. The molecule has 0 saturated heterocycles. The van der Waals surface area contributed by atoms with Crippen LogP contribution >= 0.6 is 11.6 Å². The van der Waals surface area contributed by atoms with E-state index in [1.165, 1.54) is 6.21 Å². The van der Waals surface area contributed by atoms with Crippen molar-refractivity contribution in [3.8, 4) is 11.3 Å². The maximum atomic E-state index is 11.8. The Labute approximate surface area is 137 Å². The van der Waals surface area contributed by atoms with E-state index in [2.05, 4.69) is 15.5 Å². The molecule has 23 heavy (non-hydrogen) atoms. The molecule has 3 aromatic rings. The highest BCUT2D eigenvalue weighted by molar-refractivity contribution is 6.33. The summed E-state index contributed by atoms with van der Waals surface area (Å²) in [5.74, 6) is 0.828. The quantitative estimate of drug-likeness (QED) is 0.586. The van der Waals surface area contributed by atoms with Crippen LogP contribution in [-0.2, 0) is 0 Å². The van der Waals surface area contributed by atoms with Crippen molar-refractivity contribution in [2.75, 3.05) is 0 Å². The number of hydrazone groups is 1. The number of hydrogen-bond acceptors (Lipinski definition) is 4. The van der Waals surface area contributed by atoms with E-state index in [1.807, 2.05) is 18.2 Å². The average molecular weight is 326 g/mol. The van der Waals surface area contributed by atoms with Gasteiger partial charge in [-0.25, -0.2) is 5.43 Å². The van der Waals surface area contributed by atoms with Crippen LogP contribution in [0.4, 0.5) is 0 Å². The van der Waals surface area contributed by atoms with E-state index >= 15 is 0 Å². The summed E-state index contributed by atoms with van der Waals surface area (Å²) in [6, 6.07) is 14.2. The first kappa shape index (κ1) is 15.0. The zero-order valence-corrected chi connectivity index (χ0v) is 12.7. The maximum absolute atomic E-state index is 11.8. The Bertz CT molecular complexity index is 844. The molecule has 2 heterocycles.